The number of hydrogen-bond donors (Lipinski definition) is 1. The molecule has 21 heavy (non-hydrogen) atoms. The largest absolute Gasteiger partial charge is 0.329 e. The molecule has 0 aliphatic carbocycles. The number of hydrogen-bond acceptors (Lipinski definition) is 3. The SMILES string of the molecule is Cc1cc(C)cc(C(CN)N(C)CCc2ccccn2)c1. The Kier molecular flexibility index (Phi) is 5.48. The summed E-state index contributed by atoms with van der Waals surface area (Å²) in [6.45, 7) is 5.85. The highest BCUT2D eigenvalue weighted by molar-refractivity contribution is 5.31. The molecule has 3 nitrogen and oxygen atoms in total. The van der Waals surface area contributed by atoms with Gasteiger partial charge < -0.3 is 5.73 Å². The first kappa shape index (κ1) is 15.7. The van der Waals surface area contributed by atoms with Crippen molar-refractivity contribution in [3.8, 4) is 0 Å². The normalized spacial score (nSPS) is 12.6. The second kappa shape index (κ2) is 7.34. The molecule has 0 spiro atoms. The van der Waals surface area contributed by atoms with Crippen LogP contribution in [0.15, 0.2) is 42.6 Å². The molecule has 0 saturated heterocycles. The topological polar surface area (TPSA) is 42.1 Å². The van der Waals surface area contributed by atoms with Crippen molar-refractivity contribution in [1.82, 2.24) is 9.88 Å². The average molecular weight is 283 g/mol. The second-order valence-corrected chi connectivity index (χ2v) is 5.72. The first-order valence-corrected chi connectivity index (χ1v) is 7.48. The van der Waals surface area contributed by atoms with E-state index in [0.29, 0.717) is 6.54 Å². The van der Waals surface area contributed by atoms with Gasteiger partial charge in [0.25, 0.3) is 0 Å². The summed E-state index contributed by atoms with van der Waals surface area (Å²) in [5.74, 6) is 0. The molecule has 3 heteroatoms. The summed E-state index contributed by atoms with van der Waals surface area (Å²) in [7, 11) is 2.14. The number of nitrogens with two attached hydrogens (primary N) is 1. The molecule has 0 bridgehead atoms. The summed E-state index contributed by atoms with van der Waals surface area (Å²) < 4.78 is 0. The summed E-state index contributed by atoms with van der Waals surface area (Å²) >= 11 is 0. The molecule has 0 amide bonds. The number of nitrogens with zero attached hydrogens (tertiary/aromatic N) is 2. The van der Waals surface area contributed by atoms with Gasteiger partial charge in [-0.2, -0.15) is 0 Å². The van der Waals surface area contributed by atoms with E-state index in [-0.39, 0.29) is 6.04 Å². The van der Waals surface area contributed by atoms with Crippen molar-refractivity contribution in [2.45, 2.75) is 26.3 Å². The van der Waals surface area contributed by atoms with Gasteiger partial charge in [-0.05, 0) is 38.6 Å². The molecule has 0 aliphatic heterocycles. The van der Waals surface area contributed by atoms with E-state index in [2.05, 4.69) is 55.0 Å². The third-order valence-corrected chi connectivity index (χ3v) is 3.83. The first-order valence-electron chi connectivity index (χ1n) is 7.48. The predicted molar refractivity (Wildman–Crippen MR) is 88.3 cm³/mol. The zero-order chi connectivity index (χ0) is 15.2. The Morgan fingerprint density at radius 3 is 2.43 bits per heavy atom. The third-order valence-electron chi connectivity index (χ3n) is 3.83. The lowest BCUT2D eigenvalue weighted by Gasteiger charge is -2.28. The molecule has 1 aromatic heterocycles. The number of benzene rings is 1. The van der Waals surface area contributed by atoms with E-state index in [1.54, 1.807) is 0 Å². The number of aromatic nitrogens is 1. The molecule has 0 radical (unpaired) electrons. The smallest absolute Gasteiger partial charge is 0.0467 e. The quantitative estimate of drug-likeness (QED) is 0.886. The molecule has 1 aromatic carbocycles. The van der Waals surface area contributed by atoms with Crippen LogP contribution in [0.5, 0.6) is 0 Å². The highest BCUT2D eigenvalue weighted by atomic mass is 15.1. The lowest BCUT2D eigenvalue weighted by Crippen LogP contribution is -2.32. The van der Waals surface area contributed by atoms with E-state index in [9.17, 15) is 0 Å². The molecule has 1 heterocycles. The van der Waals surface area contributed by atoms with E-state index in [1.165, 1.54) is 16.7 Å². The summed E-state index contributed by atoms with van der Waals surface area (Å²) in [5, 5.41) is 0. The van der Waals surface area contributed by atoms with Gasteiger partial charge in [-0.3, -0.25) is 9.88 Å². The van der Waals surface area contributed by atoms with Crippen LogP contribution in [0, 0.1) is 13.8 Å². The van der Waals surface area contributed by atoms with Gasteiger partial charge in [-0.1, -0.05) is 35.4 Å². The molecule has 2 aromatic rings. The Balaban J connectivity index is 2.06. The summed E-state index contributed by atoms with van der Waals surface area (Å²) in [6, 6.07) is 13.0. The maximum Gasteiger partial charge on any atom is 0.0467 e. The standard InChI is InChI=1S/C18H25N3/c1-14-10-15(2)12-16(11-14)18(13-19)21(3)9-7-17-6-4-5-8-20-17/h4-6,8,10-12,18H,7,9,13,19H2,1-3H3. The number of likely N-dealkylation sites (N-methyl/N-ethyl adjacent to an activating group) is 1. The van der Waals surface area contributed by atoms with Crippen molar-refractivity contribution in [3.63, 3.8) is 0 Å². The molecule has 112 valence electrons. The van der Waals surface area contributed by atoms with E-state index < -0.39 is 0 Å². The Bertz CT molecular complexity index is 546. The minimum absolute atomic E-state index is 0.257. The third kappa shape index (κ3) is 4.38. The summed E-state index contributed by atoms with van der Waals surface area (Å²) in [4.78, 5) is 6.70. The Hall–Kier alpha value is -1.71. The van der Waals surface area contributed by atoms with Gasteiger partial charge in [0.05, 0.1) is 0 Å². The summed E-state index contributed by atoms with van der Waals surface area (Å²) in [6.07, 6.45) is 2.79. The minimum Gasteiger partial charge on any atom is -0.329 e. The van der Waals surface area contributed by atoms with Crippen LogP contribution in [0.1, 0.15) is 28.4 Å². The van der Waals surface area contributed by atoms with E-state index in [1.807, 2.05) is 18.3 Å². The van der Waals surface area contributed by atoms with Gasteiger partial charge in [0.15, 0.2) is 0 Å². The first-order chi connectivity index (χ1) is 10.1. The molecule has 0 saturated carbocycles. The van der Waals surface area contributed by atoms with E-state index >= 15 is 0 Å². The monoisotopic (exact) mass is 283 g/mol. The van der Waals surface area contributed by atoms with Gasteiger partial charge in [-0.25, -0.2) is 0 Å². The van der Waals surface area contributed by atoms with Crippen LogP contribution in [0.2, 0.25) is 0 Å². The average Bonchev–Trinajstić information content (AvgIpc) is 2.46. The van der Waals surface area contributed by atoms with E-state index in [0.717, 1.165) is 18.7 Å². The van der Waals surface area contributed by atoms with Crippen LogP contribution in [-0.4, -0.2) is 30.0 Å². The maximum atomic E-state index is 6.02. The number of pyridine rings is 1. The summed E-state index contributed by atoms with van der Waals surface area (Å²) in [5.41, 5.74) is 11.0. The van der Waals surface area contributed by atoms with Gasteiger partial charge in [0.2, 0.25) is 0 Å². The van der Waals surface area contributed by atoms with Crippen LogP contribution in [0.3, 0.4) is 0 Å². The second-order valence-electron chi connectivity index (χ2n) is 5.72. The Morgan fingerprint density at radius 1 is 1.14 bits per heavy atom. The fourth-order valence-corrected chi connectivity index (χ4v) is 2.77. The van der Waals surface area contributed by atoms with Crippen LogP contribution in [0.25, 0.3) is 0 Å². The fourth-order valence-electron chi connectivity index (χ4n) is 2.77. The molecular weight excluding hydrogens is 258 g/mol. The highest BCUT2D eigenvalue weighted by Gasteiger charge is 2.16. The van der Waals surface area contributed by atoms with Crippen LogP contribution in [-0.2, 0) is 6.42 Å². The van der Waals surface area contributed by atoms with Gasteiger partial charge in [-0.15, -0.1) is 0 Å². The zero-order valence-electron chi connectivity index (χ0n) is 13.2. The molecule has 1 atom stereocenters. The van der Waals surface area contributed by atoms with Crippen LogP contribution in [0.4, 0.5) is 0 Å². The molecule has 2 N–H and O–H groups in total. The molecular formula is C18H25N3. The van der Waals surface area contributed by atoms with E-state index in [4.69, 9.17) is 5.73 Å². The minimum atomic E-state index is 0.257. The lowest BCUT2D eigenvalue weighted by molar-refractivity contribution is 0.252. The Morgan fingerprint density at radius 2 is 1.86 bits per heavy atom. The van der Waals surface area contributed by atoms with Crippen molar-refractivity contribution in [3.05, 3.63) is 65.0 Å². The number of aryl methyl sites for hydroxylation is 2. The van der Waals surface area contributed by atoms with Crippen LogP contribution >= 0.6 is 0 Å². The predicted octanol–water partition coefficient (Wildman–Crippen LogP) is 2.87. The van der Waals surface area contributed by atoms with Crippen molar-refractivity contribution < 1.29 is 0 Å². The van der Waals surface area contributed by atoms with Crippen molar-refractivity contribution in [2.24, 2.45) is 5.73 Å². The zero-order valence-corrected chi connectivity index (χ0v) is 13.2. The van der Waals surface area contributed by atoms with Crippen molar-refractivity contribution >= 4 is 0 Å². The fraction of sp³-hybridized carbons (Fsp3) is 0.389. The van der Waals surface area contributed by atoms with Crippen molar-refractivity contribution in [2.75, 3.05) is 20.1 Å². The highest BCUT2D eigenvalue weighted by Crippen LogP contribution is 2.21. The maximum absolute atomic E-state index is 6.02. The Labute approximate surface area is 127 Å². The van der Waals surface area contributed by atoms with Crippen molar-refractivity contribution in [1.29, 1.82) is 0 Å². The number of rotatable bonds is 6. The molecule has 2 rings (SSSR count). The van der Waals surface area contributed by atoms with Crippen LogP contribution < -0.4 is 5.73 Å². The van der Waals surface area contributed by atoms with Gasteiger partial charge >= 0.3 is 0 Å². The molecule has 1 unspecified atom stereocenters. The molecule has 0 fully saturated rings. The molecule has 0 aliphatic rings. The lowest BCUT2D eigenvalue weighted by atomic mass is 10.00. The van der Waals surface area contributed by atoms with Gasteiger partial charge in [0, 0.05) is 37.4 Å². The van der Waals surface area contributed by atoms with Gasteiger partial charge in [0.1, 0.15) is 0 Å².